The minimum absolute atomic E-state index is 0.491. The van der Waals surface area contributed by atoms with Crippen molar-refractivity contribution in [1.29, 1.82) is 0 Å². The average molecular weight is 276 g/mol. The number of likely N-dealkylation sites (tertiary alicyclic amines) is 1. The molecule has 110 valence electrons. The van der Waals surface area contributed by atoms with Crippen molar-refractivity contribution in [2.75, 3.05) is 30.7 Å². The Balaban J connectivity index is 1.59. The lowest BCUT2D eigenvalue weighted by atomic mass is 10.2. The molecule has 1 aliphatic heterocycles. The molecule has 20 heavy (non-hydrogen) atoms. The number of aromatic nitrogens is 1. The fourth-order valence-corrected chi connectivity index (χ4v) is 2.73. The second-order valence-electron chi connectivity index (χ2n) is 5.80. The molecule has 1 saturated carbocycles. The maximum absolute atomic E-state index is 5.88. The highest BCUT2D eigenvalue weighted by Gasteiger charge is 2.34. The van der Waals surface area contributed by atoms with Crippen LogP contribution in [0.3, 0.4) is 0 Å². The molecule has 1 aromatic heterocycles. The highest BCUT2D eigenvalue weighted by Crippen LogP contribution is 2.30. The van der Waals surface area contributed by atoms with Crippen molar-refractivity contribution < 1.29 is 4.74 Å². The molecule has 0 aromatic carbocycles. The van der Waals surface area contributed by atoms with Gasteiger partial charge in [-0.2, -0.15) is 4.98 Å². The van der Waals surface area contributed by atoms with E-state index in [0.717, 1.165) is 24.8 Å². The van der Waals surface area contributed by atoms with Crippen LogP contribution in [0.4, 0.5) is 11.5 Å². The van der Waals surface area contributed by atoms with Crippen LogP contribution < -0.4 is 15.8 Å². The number of hydrogen-bond acceptors (Lipinski definition) is 5. The van der Waals surface area contributed by atoms with E-state index in [1.807, 2.05) is 12.1 Å². The number of hydrogen-bond donors (Lipinski definition) is 2. The van der Waals surface area contributed by atoms with Gasteiger partial charge in [0.2, 0.25) is 5.88 Å². The number of ether oxygens (including phenoxy) is 1. The molecule has 0 spiro atoms. The number of nitrogens with one attached hydrogen (secondary N) is 1. The summed E-state index contributed by atoms with van der Waals surface area (Å²) in [5.41, 5.74) is 6.49. The highest BCUT2D eigenvalue weighted by atomic mass is 16.5. The van der Waals surface area contributed by atoms with Crippen LogP contribution in [0, 0.1) is 0 Å². The molecule has 5 nitrogen and oxygen atoms in total. The monoisotopic (exact) mass is 276 g/mol. The Morgan fingerprint density at radius 2 is 2.25 bits per heavy atom. The van der Waals surface area contributed by atoms with Crippen LogP contribution in [-0.4, -0.2) is 41.7 Å². The Hall–Kier alpha value is -1.49. The standard InChI is InChI=1S/C15H24N4O/c1-2-9-20-15-13(16)5-6-14(18-15)17-11-7-8-19(10-11)12-3-4-12/h5-6,11-12H,2-4,7-10,16H2,1H3,(H,17,18). The van der Waals surface area contributed by atoms with E-state index in [1.54, 1.807) is 0 Å². The third-order valence-corrected chi connectivity index (χ3v) is 3.97. The van der Waals surface area contributed by atoms with Gasteiger partial charge < -0.3 is 15.8 Å². The molecule has 2 aliphatic rings. The van der Waals surface area contributed by atoms with E-state index < -0.39 is 0 Å². The van der Waals surface area contributed by atoms with Crippen molar-refractivity contribution >= 4 is 11.5 Å². The fourth-order valence-electron chi connectivity index (χ4n) is 2.73. The summed E-state index contributed by atoms with van der Waals surface area (Å²) >= 11 is 0. The summed E-state index contributed by atoms with van der Waals surface area (Å²) in [5.74, 6) is 1.42. The molecule has 0 bridgehead atoms. The summed E-state index contributed by atoms with van der Waals surface area (Å²) in [6, 6.07) is 5.15. The highest BCUT2D eigenvalue weighted by molar-refractivity contribution is 5.53. The van der Waals surface area contributed by atoms with Crippen LogP contribution in [0.5, 0.6) is 5.88 Å². The first kappa shape index (κ1) is 13.5. The normalized spacial score (nSPS) is 22.9. The average Bonchev–Trinajstić information content (AvgIpc) is 3.20. The first-order chi connectivity index (χ1) is 9.76. The Morgan fingerprint density at radius 1 is 1.40 bits per heavy atom. The summed E-state index contributed by atoms with van der Waals surface area (Å²) in [5, 5.41) is 3.51. The number of pyridine rings is 1. The zero-order valence-corrected chi connectivity index (χ0v) is 12.1. The molecular formula is C15H24N4O. The lowest BCUT2D eigenvalue weighted by Gasteiger charge is -2.17. The molecule has 3 N–H and O–H groups in total. The summed E-state index contributed by atoms with van der Waals surface area (Å²) in [7, 11) is 0. The van der Waals surface area contributed by atoms with Crippen LogP contribution in [-0.2, 0) is 0 Å². The van der Waals surface area contributed by atoms with Crippen molar-refractivity contribution in [1.82, 2.24) is 9.88 Å². The van der Waals surface area contributed by atoms with E-state index >= 15 is 0 Å². The van der Waals surface area contributed by atoms with Crippen molar-refractivity contribution in [2.45, 2.75) is 44.7 Å². The van der Waals surface area contributed by atoms with Gasteiger partial charge in [0, 0.05) is 25.2 Å². The number of nitrogens with two attached hydrogens (primary N) is 1. The molecule has 2 fully saturated rings. The second-order valence-corrected chi connectivity index (χ2v) is 5.80. The molecule has 0 amide bonds. The van der Waals surface area contributed by atoms with Crippen LogP contribution in [0.25, 0.3) is 0 Å². The number of rotatable bonds is 6. The third kappa shape index (κ3) is 3.15. The van der Waals surface area contributed by atoms with E-state index in [-0.39, 0.29) is 0 Å². The van der Waals surface area contributed by atoms with Gasteiger partial charge in [0.25, 0.3) is 0 Å². The number of nitrogens with zero attached hydrogens (tertiary/aromatic N) is 2. The molecule has 1 aromatic rings. The summed E-state index contributed by atoms with van der Waals surface area (Å²) in [6.45, 7) is 5.06. The topological polar surface area (TPSA) is 63.4 Å². The van der Waals surface area contributed by atoms with Gasteiger partial charge >= 0.3 is 0 Å². The van der Waals surface area contributed by atoms with Gasteiger partial charge in [0.15, 0.2) is 0 Å². The van der Waals surface area contributed by atoms with Gasteiger partial charge in [0.05, 0.1) is 12.3 Å². The molecule has 1 atom stereocenters. The lowest BCUT2D eigenvalue weighted by molar-refractivity contribution is 0.307. The first-order valence-electron chi connectivity index (χ1n) is 7.66. The zero-order valence-electron chi connectivity index (χ0n) is 12.1. The van der Waals surface area contributed by atoms with Gasteiger partial charge in [-0.25, -0.2) is 0 Å². The summed E-state index contributed by atoms with van der Waals surface area (Å²) in [4.78, 5) is 7.07. The van der Waals surface area contributed by atoms with Crippen LogP contribution in [0.15, 0.2) is 12.1 Å². The van der Waals surface area contributed by atoms with Gasteiger partial charge in [-0.05, 0) is 37.8 Å². The maximum atomic E-state index is 5.88. The van der Waals surface area contributed by atoms with E-state index in [0.29, 0.717) is 24.2 Å². The van der Waals surface area contributed by atoms with Gasteiger partial charge in [-0.1, -0.05) is 6.92 Å². The smallest absolute Gasteiger partial charge is 0.239 e. The van der Waals surface area contributed by atoms with E-state index in [2.05, 4.69) is 22.1 Å². The second kappa shape index (κ2) is 5.87. The summed E-state index contributed by atoms with van der Waals surface area (Å²) in [6.07, 6.45) is 4.90. The van der Waals surface area contributed by atoms with E-state index in [4.69, 9.17) is 10.5 Å². The Bertz CT molecular complexity index is 461. The molecule has 1 aliphatic carbocycles. The minimum atomic E-state index is 0.491. The van der Waals surface area contributed by atoms with Gasteiger partial charge in [-0.3, -0.25) is 4.90 Å². The summed E-state index contributed by atoms with van der Waals surface area (Å²) < 4.78 is 5.57. The molecule has 3 rings (SSSR count). The Labute approximate surface area is 120 Å². The Morgan fingerprint density at radius 3 is 3.00 bits per heavy atom. The fraction of sp³-hybridized carbons (Fsp3) is 0.667. The quantitative estimate of drug-likeness (QED) is 0.833. The van der Waals surface area contributed by atoms with Crippen molar-refractivity contribution in [3.05, 3.63) is 12.1 Å². The van der Waals surface area contributed by atoms with Crippen molar-refractivity contribution in [3.63, 3.8) is 0 Å². The minimum Gasteiger partial charge on any atom is -0.476 e. The SMILES string of the molecule is CCCOc1nc(NC2CCN(C3CC3)C2)ccc1N. The Kier molecular flexibility index (Phi) is 3.96. The molecular weight excluding hydrogens is 252 g/mol. The maximum Gasteiger partial charge on any atom is 0.239 e. The molecule has 5 heteroatoms. The molecule has 0 radical (unpaired) electrons. The zero-order chi connectivity index (χ0) is 13.9. The first-order valence-corrected chi connectivity index (χ1v) is 7.66. The molecule has 2 heterocycles. The number of nitrogen functional groups attached to an aromatic ring is 1. The van der Waals surface area contributed by atoms with Crippen LogP contribution >= 0.6 is 0 Å². The van der Waals surface area contributed by atoms with E-state index in [9.17, 15) is 0 Å². The van der Waals surface area contributed by atoms with Crippen molar-refractivity contribution in [3.8, 4) is 5.88 Å². The third-order valence-electron chi connectivity index (χ3n) is 3.97. The molecule has 1 unspecified atom stereocenters. The predicted molar refractivity (Wildman–Crippen MR) is 81.1 cm³/mol. The predicted octanol–water partition coefficient (Wildman–Crippen LogP) is 2.10. The largest absolute Gasteiger partial charge is 0.476 e. The number of anilines is 2. The van der Waals surface area contributed by atoms with Crippen molar-refractivity contribution in [2.24, 2.45) is 0 Å². The van der Waals surface area contributed by atoms with E-state index in [1.165, 1.54) is 25.8 Å². The lowest BCUT2D eigenvalue weighted by Crippen LogP contribution is -2.28. The molecule has 1 saturated heterocycles. The van der Waals surface area contributed by atoms with Gasteiger partial charge in [-0.15, -0.1) is 0 Å². The van der Waals surface area contributed by atoms with Gasteiger partial charge in [0.1, 0.15) is 5.82 Å². The van der Waals surface area contributed by atoms with Crippen LogP contribution in [0.2, 0.25) is 0 Å². The van der Waals surface area contributed by atoms with Crippen LogP contribution in [0.1, 0.15) is 32.6 Å².